The normalized spacial score (nSPS) is 17.6. The van der Waals surface area contributed by atoms with E-state index in [9.17, 15) is 4.79 Å². The number of carbonyl (C=O) groups excluding carboxylic acids is 1. The molecule has 0 aliphatic carbocycles. The van der Waals surface area contributed by atoms with Gasteiger partial charge in [0.25, 0.3) is 0 Å². The molecule has 0 unspecified atom stereocenters. The predicted octanol–water partition coefficient (Wildman–Crippen LogP) is 0.178. The van der Waals surface area contributed by atoms with E-state index in [1.165, 1.54) is 0 Å². The monoisotopic (exact) mass is 377 g/mol. The maximum Gasteiger partial charge on any atom is 0.243 e. The van der Waals surface area contributed by atoms with Crippen molar-refractivity contribution in [2.75, 3.05) is 25.0 Å². The second-order valence-corrected chi connectivity index (χ2v) is 6.69. The van der Waals surface area contributed by atoms with E-state index in [-0.39, 0.29) is 5.91 Å². The standard InChI is InChI=1S/C18H19N9O/c1-26-9-6-13(24-26)15-23-16-11-4-2-3-5-12(11)21-18(27(16)25-15)22-14-10-19-7-8-20-17(14)28/h2-6,9,14,19H,7-8,10H2,1H3,(H,20,28)(H,21,22)/t14-/m1/s1. The summed E-state index contributed by atoms with van der Waals surface area (Å²) < 4.78 is 3.35. The van der Waals surface area contributed by atoms with Crippen molar-refractivity contribution in [2.45, 2.75) is 6.04 Å². The molecule has 10 heteroatoms. The number of aromatic nitrogens is 6. The Bertz CT molecular complexity index is 1180. The maximum atomic E-state index is 12.3. The van der Waals surface area contributed by atoms with Crippen LogP contribution in [0.4, 0.5) is 5.95 Å². The highest BCUT2D eigenvalue weighted by atomic mass is 16.2. The van der Waals surface area contributed by atoms with Gasteiger partial charge in [-0.25, -0.2) is 9.97 Å². The second kappa shape index (κ2) is 6.57. The molecule has 5 rings (SSSR count). The summed E-state index contributed by atoms with van der Waals surface area (Å²) in [4.78, 5) is 21.7. The largest absolute Gasteiger partial charge is 0.353 e. The first kappa shape index (κ1) is 16.6. The SMILES string of the molecule is Cn1ccc(-c2nc3c4ccccc4nc(N[C@@H]4CNCCNC4=O)n3n2)n1. The summed E-state index contributed by atoms with van der Waals surface area (Å²) in [5, 5.41) is 19.2. The van der Waals surface area contributed by atoms with Crippen molar-refractivity contribution in [3.8, 4) is 11.5 Å². The van der Waals surface area contributed by atoms with Crippen LogP contribution in [-0.2, 0) is 11.8 Å². The molecule has 142 valence electrons. The number of rotatable bonds is 3. The predicted molar refractivity (Wildman–Crippen MR) is 104 cm³/mol. The topological polar surface area (TPSA) is 114 Å². The van der Waals surface area contributed by atoms with Crippen LogP contribution in [0.3, 0.4) is 0 Å². The Kier molecular flexibility index (Phi) is 3.90. The molecule has 0 radical (unpaired) electrons. The zero-order valence-electron chi connectivity index (χ0n) is 15.3. The molecule has 1 aromatic carbocycles. The Morgan fingerprint density at radius 1 is 1.14 bits per heavy atom. The molecule has 28 heavy (non-hydrogen) atoms. The highest BCUT2D eigenvalue weighted by molar-refractivity contribution is 5.93. The summed E-state index contributed by atoms with van der Waals surface area (Å²) in [6.07, 6.45) is 1.85. The molecular weight excluding hydrogens is 358 g/mol. The van der Waals surface area contributed by atoms with Crippen LogP contribution in [0.1, 0.15) is 0 Å². The van der Waals surface area contributed by atoms with Crippen molar-refractivity contribution in [2.24, 2.45) is 7.05 Å². The summed E-state index contributed by atoms with van der Waals surface area (Å²) in [5.74, 6) is 0.899. The summed E-state index contributed by atoms with van der Waals surface area (Å²) in [6.45, 7) is 1.84. The first-order chi connectivity index (χ1) is 13.7. The van der Waals surface area contributed by atoms with Crippen molar-refractivity contribution in [1.82, 2.24) is 40.0 Å². The molecule has 0 bridgehead atoms. The van der Waals surface area contributed by atoms with Gasteiger partial charge in [0.2, 0.25) is 17.7 Å². The number of benzene rings is 1. The van der Waals surface area contributed by atoms with Crippen LogP contribution < -0.4 is 16.0 Å². The lowest BCUT2D eigenvalue weighted by Gasteiger charge is -2.16. The van der Waals surface area contributed by atoms with Crippen molar-refractivity contribution in [3.63, 3.8) is 0 Å². The van der Waals surface area contributed by atoms with E-state index >= 15 is 0 Å². The fourth-order valence-corrected chi connectivity index (χ4v) is 3.30. The van der Waals surface area contributed by atoms with Gasteiger partial charge in [-0.1, -0.05) is 12.1 Å². The molecule has 1 aliphatic rings. The summed E-state index contributed by atoms with van der Waals surface area (Å²) in [5.41, 5.74) is 2.12. The van der Waals surface area contributed by atoms with E-state index in [1.54, 1.807) is 9.20 Å². The lowest BCUT2D eigenvalue weighted by molar-refractivity contribution is -0.121. The van der Waals surface area contributed by atoms with Crippen molar-refractivity contribution in [1.29, 1.82) is 0 Å². The minimum absolute atomic E-state index is 0.0711. The van der Waals surface area contributed by atoms with Gasteiger partial charge in [-0.15, -0.1) is 5.10 Å². The number of aryl methyl sites for hydroxylation is 1. The minimum Gasteiger partial charge on any atom is -0.353 e. The number of anilines is 1. The van der Waals surface area contributed by atoms with Gasteiger partial charge in [-0.3, -0.25) is 9.48 Å². The van der Waals surface area contributed by atoms with E-state index in [1.807, 2.05) is 43.6 Å². The second-order valence-electron chi connectivity index (χ2n) is 6.69. The number of para-hydroxylation sites is 1. The molecule has 1 fully saturated rings. The maximum absolute atomic E-state index is 12.3. The van der Waals surface area contributed by atoms with Crippen LogP contribution in [-0.4, -0.2) is 60.9 Å². The lowest BCUT2D eigenvalue weighted by Crippen LogP contribution is -2.42. The summed E-state index contributed by atoms with van der Waals surface area (Å²) in [7, 11) is 1.85. The quantitative estimate of drug-likeness (QED) is 0.467. The summed E-state index contributed by atoms with van der Waals surface area (Å²) in [6, 6.07) is 9.14. The molecule has 4 heterocycles. The zero-order chi connectivity index (χ0) is 19.1. The van der Waals surface area contributed by atoms with Gasteiger partial charge >= 0.3 is 0 Å². The van der Waals surface area contributed by atoms with Gasteiger partial charge in [-0.2, -0.15) is 9.61 Å². The van der Waals surface area contributed by atoms with Crippen LogP contribution in [0.25, 0.3) is 28.1 Å². The average Bonchev–Trinajstić information content (AvgIpc) is 3.28. The fraction of sp³-hybridized carbons (Fsp3) is 0.278. The Morgan fingerprint density at radius 3 is 2.89 bits per heavy atom. The zero-order valence-corrected chi connectivity index (χ0v) is 15.3. The first-order valence-corrected chi connectivity index (χ1v) is 9.09. The fourth-order valence-electron chi connectivity index (χ4n) is 3.30. The number of amides is 1. The highest BCUT2D eigenvalue weighted by Gasteiger charge is 2.23. The third-order valence-electron chi connectivity index (χ3n) is 4.69. The van der Waals surface area contributed by atoms with Gasteiger partial charge in [0.15, 0.2) is 5.65 Å². The first-order valence-electron chi connectivity index (χ1n) is 9.09. The molecule has 0 spiro atoms. The van der Waals surface area contributed by atoms with Gasteiger partial charge < -0.3 is 16.0 Å². The number of hydrogen-bond donors (Lipinski definition) is 3. The molecule has 0 saturated carbocycles. The molecule has 1 aliphatic heterocycles. The van der Waals surface area contributed by atoms with Crippen LogP contribution in [0, 0.1) is 0 Å². The van der Waals surface area contributed by atoms with Crippen LogP contribution in [0.2, 0.25) is 0 Å². The van der Waals surface area contributed by atoms with Crippen LogP contribution in [0.5, 0.6) is 0 Å². The van der Waals surface area contributed by atoms with E-state index in [0.29, 0.717) is 36.2 Å². The molecule has 1 atom stereocenters. The Hall–Kier alpha value is -3.53. The molecule has 1 amide bonds. The number of nitrogens with zero attached hydrogens (tertiary/aromatic N) is 6. The smallest absolute Gasteiger partial charge is 0.243 e. The Morgan fingerprint density at radius 2 is 2.04 bits per heavy atom. The highest BCUT2D eigenvalue weighted by Crippen LogP contribution is 2.23. The van der Waals surface area contributed by atoms with Gasteiger partial charge in [0.05, 0.1) is 5.52 Å². The molecule has 1 saturated heterocycles. The van der Waals surface area contributed by atoms with E-state index in [4.69, 9.17) is 9.97 Å². The lowest BCUT2D eigenvalue weighted by atomic mass is 10.2. The van der Waals surface area contributed by atoms with Gasteiger partial charge in [-0.05, 0) is 18.2 Å². The van der Waals surface area contributed by atoms with E-state index < -0.39 is 6.04 Å². The number of fused-ring (bicyclic) bond motifs is 3. The van der Waals surface area contributed by atoms with E-state index in [2.05, 4.69) is 26.1 Å². The molecule has 3 aromatic heterocycles. The Balaban J connectivity index is 1.66. The van der Waals surface area contributed by atoms with Gasteiger partial charge in [0.1, 0.15) is 11.7 Å². The van der Waals surface area contributed by atoms with Crippen molar-refractivity contribution >= 4 is 28.4 Å². The minimum atomic E-state index is -0.457. The number of nitrogens with one attached hydrogen (secondary N) is 3. The van der Waals surface area contributed by atoms with Crippen molar-refractivity contribution < 1.29 is 4.79 Å². The van der Waals surface area contributed by atoms with Crippen LogP contribution in [0.15, 0.2) is 36.5 Å². The van der Waals surface area contributed by atoms with Crippen LogP contribution >= 0.6 is 0 Å². The third kappa shape index (κ3) is 2.83. The molecule has 10 nitrogen and oxygen atoms in total. The molecule has 4 aromatic rings. The van der Waals surface area contributed by atoms with E-state index in [0.717, 1.165) is 17.4 Å². The molecular formula is C18H19N9O. The number of carbonyl (C=O) groups is 1. The van der Waals surface area contributed by atoms with Gasteiger partial charge in [0, 0.05) is 38.3 Å². The average molecular weight is 377 g/mol. The summed E-state index contributed by atoms with van der Waals surface area (Å²) >= 11 is 0. The van der Waals surface area contributed by atoms with Crippen molar-refractivity contribution in [3.05, 3.63) is 36.5 Å². The number of hydrogen-bond acceptors (Lipinski definition) is 7. The molecule has 3 N–H and O–H groups in total. The third-order valence-corrected chi connectivity index (χ3v) is 4.69. The Labute approximate surface area is 160 Å².